The smallest absolute Gasteiger partial charge is 0.229 e. The van der Waals surface area contributed by atoms with Crippen molar-refractivity contribution in [2.45, 2.75) is 11.9 Å². The third-order valence-electron chi connectivity index (χ3n) is 1.28. The van der Waals surface area contributed by atoms with Gasteiger partial charge in [0, 0.05) is 25.8 Å². The standard InChI is InChI=1S/C6H10N2O3S/c1-11-5-8-4-3-7-6(8)12(2,9)10/h3-4H,5H2,1-2H3. The Balaban J connectivity index is 3.08. The highest BCUT2D eigenvalue weighted by molar-refractivity contribution is 7.90. The summed E-state index contributed by atoms with van der Waals surface area (Å²) in [6.07, 6.45) is 4.09. The summed E-state index contributed by atoms with van der Waals surface area (Å²) in [5.41, 5.74) is 0. The van der Waals surface area contributed by atoms with Crippen LogP contribution < -0.4 is 0 Å². The van der Waals surface area contributed by atoms with Crippen LogP contribution in [0.2, 0.25) is 0 Å². The highest BCUT2D eigenvalue weighted by Gasteiger charge is 2.13. The number of hydrogen-bond acceptors (Lipinski definition) is 4. The molecule has 1 rings (SSSR count). The number of hydrogen-bond donors (Lipinski definition) is 0. The zero-order valence-corrected chi connectivity index (χ0v) is 7.71. The first-order valence-corrected chi connectivity index (χ1v) is 5.15. The van der Waals surface area contributed by atoms with E-state index >= 15 is 0 Å². The van der Waals surface area contributed by atoms with Gasteiger partial charge in [-0.2, -0.15) is 0 Å². The Labute approximate surface area is 70.9 Å². The number of rotatable bonds is 3. The van der Waals surface area contributed by atoms with Crippen LogP contribution in [0.3, 0.4) is 0 Å². The van der Waals surface area contributed by atoms with Crippen molar-refractivity contribution in [1.29, 1.82) is 0 Å². The molecule has 0 radical (unpaired) electrons. The Morgan fingerprint density at radius 3 is 2.83 bits per heavy atom. The average Bonchev–Trinajstić information content (AvgIpc) is 2.34. The van der Waals surface area contributed by atoms with Gasteiger partial charge in [-0.05, 0) is 0 Å². The van der Waals surface area contributed by atoms with E-state index in [2.05, 4.69) is 4.98 Å². The quantitative estimate of drug-likeness (QED) is 0.667. The Kier molecular flexibility index (Phi) is 2.49. The molecule has 6 heteroatoms. The van der Waals surface area contributed by atoms with Crippen molar-refractivity contribution in [2.75, 3.05) is 13.4 Å². The van der Waals surface area contributed by atoms with Crippen molar-refractivity contribution in [2.24, 2.45) is 0 Å². The molecule has 0 aliphatic rings. The largest absolute Gasteiger partial charge is 0.364 e. The summed E-state index contributed by atoms with van der Waals surface area (Å²) in [5.74, 6) is 0. The summed E-state index contributed by atoms with van der Waals surface area (Å²) in [6, 6.07) is 0. The third kappa shape index (κ3) is 1.83. The lowest BCUT2D eigenvalue weighted by Crippen LogP contribution is -2.09. The Morgan fingerprint density at radius 2 is 2.33 bits per heavy atom. The molecule has 0 spiro atoms. The Morgan fingerprint density at radius 1 is 1.67 bits per heavy atom. The van der Waals surface area contributed by atoms with Gasteiger partial charge in [-0.15, -0.1) is 0 Å². The topological polar surface area (TPSA) is 61.2 Å². The van der Waals surface area contributed by atoms with Gasteiger partial charge in [-0.1, -0.05) is 0 Å². The molecule has 0 unspecified atom stereocenters. The molecule has 0 aromatic carbocycles. The van der Waals surface area contributed by atoms with E-state index in [1.54, 1.807) is 6.20 Å². The summed E-state index contributed by atoms with van der Waals surface area (Å²) in [7, 11) is -1.75. The van der Waals surface area contributed by atoms with Gasteiger partial charge in [0.2, 0.25) is 15.0 Å². The van der Waals surface area contributed by atoms with Crippen molar-refractivity contribution < 1.29 is 13.2 Å². The minimum Gasteiger partial charge on any atom is -0.364 e. The SMILES string of the molecule is COCn1ccnc1S(C)(=O)=O. The molecule has 0 saturated carbocycles. The molecular weight excluding hydrogens is 180 g/mol. The van der Waals surface area contributed by atoms with E-state index in [9.17, 15) is 8.42 Å². The van der Waals surface area contributed by atoms with Gasteiger partial charge < -0.3 is 4.74 Å². The maximum Gasteiger partial charge on any atom is 0.229 e. The number of aromatic nitrogens is 2. The fourth-order valence-corrected chi connectivity index (χ4v) is 1.65. The molecule has 0 N–H and O–H groups in total. The van der Waals surface area contributed by atoms with Crippen LogP contribution in [-0.4, -0.2) is 31.3 Å². The van der Waals surface area contributed by atoms with Gasteiger partial charge in [0.25, 0.3) is 0 Å². The van der Waals surface area contributed by atoms with E-state index in [-0.39, 0.29) is 11.9 Å². The summed E-state index contributed by atoms with van der Waals surface area (Å²) in [4.78, 5) is 3.70. The van der Waals surface area contributed by atoms with Crippen LogP contribution in [0.25, 0.3) is 0 Å². The summed E-state index contributed by atoms with van der Waals surface area (Å²) in [5, 5.41) is 0.0318. The van der Waals surface area contributed by atoms with Gasteiger partial charge in [-0.3, -0.25) is 4.57 Å². The van der Waals surface area contributed by atoms with Gasteiger partial charge in [-0.25, -0.2) is 13.4 Å². The van der Waals surface area contributed by atoms with Gasteiger partial charge in [0.1, 0.15) is 6.73 Å². The predicted molar refractivity (Wildman–Crippen MR) is 42.3 cm³/mol. The van der Waals surface area contributed by atoms with E-state index in [1.165, 1.54) is 17.9 Å². The minimum absolute atomic E-state index is 0.0318. The molecule has 1 heterocycles. The Hall–Kier alpha value is -0.880. The second kappa shape index (κ2) is 3.24. The predicted octanol–water partition coefficient (Wildman–Crippen LogP) is -0.109. The van der Waals surface area contributed by atoms with Crippen LogP contribution in [0, 0.1) is 0 Å². The fourth-order valence-electron chi connectivity index (χ4n) is 0.862. The molecule has 0 amide bonds. The van der Waals surface area contributed by atoms with Crippen molar-refractivity contribution >= 4 is 9.84 Å². The number of nitrogens with zero attached hydrogens (tertiary/aromatic N) is 2. The fraction of sp³-hybridized carbons (Fsp3) is 0.500. The second-order valence-corrected chi connectivity index (χ2v) is 4.28. The van der Waals surface area contributed by atoms with E-state index in [1.807, 2.05) is 0 Å². The molecule has 1 aromatic heterocycles. The van der Waals surface area contributed by atoms with Crippen molar-refractivity contribution in [3.05, 3.63) is 12.4 Å². The average molecular weight is 190 g/mol. The highest BCUT2D eigenvalue weighted by atomic mass is 32.2. The maximum absolute atomic E-state index is 11.1. The van der Waals surface area contributed by atoms with Crippen molar-refractivity contribution in [1.82, 2.24) is 9.55 Å². The zero-order chi connectivity index (χ0) is 9.19. The zero-order valence-electron chi connectivity index (χ0n) is 6.89. The monoisotopic (exact) mass is 190 g/mol. The molecule has 68 valence electrons. The lowest BCUT2D eigenvalue weighted by molar-refractivity contribution is 0.123. The van der Waals surface area contributed by atoms with E-state index in [0.717, 1.165) is 6.26 Å². The highest BCUT2D eigenvalue weighted by Crippen LogP contribution is 2.04. The summed E-state index contributed by atoms with van der Waals surface area (Å²) >= 11 is 0. The van der Waals surface area contributed by atoms with Crippen LogP contribution >= 0.6 is 0 Å². The minimum atomic E-state index is -3.24. The maximum atomic E-state index is 11.1. The number of imidazole rings is 1. The van der Waals surface area contributed by atoms with E-state index in [0.29, 0.717) is 0 Å². The number of ether oxygens (including phenoxy) is 1. The Bertz CT molecular complexity index is 355. The molecule has 12 heavy (non-hydrogen) atoms. The molecule has 0 saturated heterocycles. The summed E-state index contributed by atoms with van der Waals surface area (Å²) in [6.45, 7) is 0.197. The lowest BCUT2D eigenvalue weighted by atomic mass is 10.9. The van der Waals surface area contributed by atoms with Crippen LogP contribution in [0.15, 0.2) is 17.6 Å². The van der Waals surface area contributed by atoms with Crippen LogP contribution in [-0.2, 0) is 21.3 Å². The molecule has 0 aliphatic heterocycles. The molecule has 0 aliphatic carbocycles. The van der Waals surface area contributed by atoms with E-state index in [4.69, 9.17) is 4.74 Å². The van der Waals surface area contributed by atoms with Crippen molar-refractivity contribution in [3.8, 4) is 0 Å². The molecule has 0 bridgehead atoms. The van der Waals surface area contributed by atoms with Crippen LogP contribution in [0.4, 0.5) is 0 Å². The second-order valence-electron chi connectivity index (χ2n) is 2.37. The first-order valence-electron chi connectivity index (χ1n) is 3.26. The lowest BCUT2D eigenvalue weighted by Gasteiger charge is -2.03. The number of methoxy groups -OCH3 is 1. The first kappa shape index (κ1) is 9.21. The van der Waals surface area contributed by atoms with Gasteiger partial charge >= 0.3 is 0 Å². The van der Waals surface area contributed by atoms with Crippen molar-refractivity contribution in [3.63, 3.8) is 0 Å². The molecule has 0 fully saturated rings. The van der Waals surface area contributed by atoms with Crippen LogP contribution in [0.5, 0.6) is 0 Å². The van der Waals surface area contributed by atoms with Gasteiger partial charge in [0.15, 0.2) is 0 Å². The molecule has 0 atom stereocenters. The molecule has 1 aromatic rings. The molecule has 5 nitrogen and oxygen atoms in total. The van der Waals surface area contributed by atoms with E-state index < -0.39 is 9.84 Å². The first-order chi connectivity index (χ1) is 5.55. The number of sulfone groups is 1. The normalized spacial score (nSPS) is 11.8. The van der Waals surface area contributed by atoms with Gasteiger partial charge in [0.05, 0.1) is 0 Å². The summed E-state index contributed by atoms with van der Waals surface area (Å²) < 4.78 is 28.3. The van der Waals surface area contributed by atoms with Crippen LogP contribution in [0.1, 0.15) is 0 Å². The third-order valence-corrected chi connectivity index (χ3v) is 2.28. The molecular formula is C6H10N2O3S.